The van der Waals surface area contributed by atoms with E-state index in [0.29, 0.717) is 19.4 Å². The number of carbonyl (C=O) groups excluding carboxylic acids is 1. The minimum Gasteiger partial charge on any atom is -0.378 e. The minimum atomic E-state index is -1.09. The number of ketones is 1. The van der Waals surface area contributed by atoms with Crippen LogP contribution in [0.15, 0.2) is 71.3 Å². The third-order valence-corrected chi connectivity index (χ3v) is 9.64. The fourth-order valence-electron chi connectivity index (χ4n) is 7.34. The number of hydrogen-bond acceptors (Lipinski definition) is 4. The van der Waals surface area contributed by atoms with Gasteiger partial charge in [0.05, 0.1) is 12.7 Å². The summed E-state index contributed by atoms with van der Waals surface area (Å²) < 4.78 is 6.62. The number of aryl methyl sites for hydroxylation is 1. The first-order valence-corrected chi connectivity index (χ1v) is 13.9. The van der Waals surface area contributed by atoms with Crippen molar-refractivity contribution in [2.75, 3.05) is 25.6 Å². The van der Waals surface area contributed by atoms with Gasteiger partial charge in [-0.15, -0.1) is 0 Å². The van der Waals surface area contributed by atoms with E-state index in [1.54, 1.807) is 6.08 Å². The smallest absolute Gasteiger partial charge is 0.156 e. The fraction of sp³-hybridized carbons (Fsp3) is 0.441. The summed E-state index contributed by atoms with van der Waals surface area (Å²) in [6.07, 6.45) is 5.41. The number of aliphatic hydroxyl groups is 1. The van der Waals surface area contributed by atoms with Crippen molar-refractivity contribution < 1.29 is 14.6 Å². The monoisotopic (exact) mass is 609 g/mol. The van der Waals surface area contributed by atoms with Crippen LogP contribution in [-0.2, 0) is 9.53 Å². The summed E-state index contributed by atoms with van der Waals surface area (Å²) in [5, 5.41) is 12.2. The number of carbonyl (C=O) groups is 1. The Bertz CT molecular complexity index is 1400. The number of ether oxygens (including phenoxy) is 1. The molecule has 4 nitrogen and oxygen atoms in total. The maximum Gasteiger partial charge on any atom is 0.156 e. The lowest BCUT2D eigenvalue weighted by atomic mass is 9.55. The lowest BCUT2D eigenvalue weighted by Gasteiger charge is -2.53. The Morgan fingerprint density at radius 3 is 2.34 bits per heavy atom. The molecule has 0 bridgehead atoms. The standard InChI is InChI=1S/C34H37NO3.3H2S/c1-22-5-7-23(8-6-22)15-17-34(37)18-16-30-32-31(28-14-13-27(36)19-25(28)21-38-32)29(20-33(30,34)2)24-9-11-26(12-10-24)35(3)4;;;/h5-12,19,29-30,32,37H,13-14,16,18,20-21H2,1-4H3;3*1H2/t29-,30+,32+,33+,34+;;;/m1.../s1. The lowest BCUT2D eigenvalue weighted by molar-refractivity contribution is -0.115. The van der Waals surface area contributed by atoms with Crippen molar-refractivity contribution in [3.63, 3.8) is 0 Å². The molecule has 1 N–H and O–H groups in total. The summed E-state index contributed by atoms with van der Waals surface area (Å²) in [5.41, 5.74) is 6.73. The van der Waals surface area contributed by atoms with Crippen LogP contribution >= 0.6 is 40.5 Å². The molecule has 41 heavy (non-hydrogen) atoms. The summed E-state index contributed by atoms with van der Waals surface area (Å²) in [4.78, 5) is 14.4. The average Bonchev–Trinajstić information content (AvgIpc) is 3.18. The Kier molecular flexibility index (Phi) is 10.3. The second-order valence-electron chi connectivity index (χ2n) is 12.1. The summed E-state index contributed by atoms with van der Waals surface area (Å²) in [6.45, 7) is 4.78. The number of rotatable bonds is 2. The SMILES string of the molecule is Cc1ccc(C#C[C@]2(O)CC[C@H]3[C@@H]4OCC5=CC(=O)CCC5=C4[C@@H](c4ccc(N(C)C)cc4)C[C@@]32C)cc1.S.S.S. The molecule has 0 amide bonds. The van der Waals surface area contributed by atoms with Crippen LogP contribution in [0.1, 0.15) is 61.6 Å². The molecule has 6 rings (SSSR count). The van der Waals surface area contributed by atoms with Gasteiger partial charge in [-0.2, -0.15) is 40.5 Å². The quantitative estimate of drug-likeness (QED) is 0.420. The van der Waals surface area contributed by atoms with E-state index >= 15 is 0 Å². The first-order chi connectivity index (χ1) is 18.2. The van der Waals surface area contributed by atoms with Crippen molar-refractivity contribution in [3.05, 3.63) is 88.0 Å². The van der Waals surface area contributed by atoms with Crippen LogP contribution in [0.5, 0.6) is 0 Å². The van der Waals surface area contributed by atoms with Gasteiger partial charge in [0.2, 0.25) is 0 Å². The summed E-state index contributed by atoms with van der Waals surface area (Å²) in [7, 11) is 4.11. The van der Waals surface area contributed by atoms with Crippen molar-refractivity contribution in [3.8, 4) is 11.8 Å². The number of nitrogens with zero attached hydrogens (tertiary/aromatic N) is 1. The van der Waals surface area contributed by atoms with E-state index in [2.05, 4.69) is 81.1 Å². The predicted octanol–water partition coefficient (Wildman–Crippen LogP) is 6.07. The highest BCUT2D eigenvalue weighted by atomic mass is 32.1. The predicted molar refractivity (Wildman–Crippen MR) is 182 cm³/mol. The highest BCUT2D eigenvalue weighted by molar-refractivity contribution is 7.59. The molecule has 5 atom stereocenters. The van der Waals surface area contributed by atoms with Crippen LogP contribution in [0.4, 0.5) is 5.69 Å². The highest BCUT2D eigenvalue weighted by Crippen LogP contribution is 2.64. The number of benzene rings is 2. The van der Waals surface area contributed by atoms with Gasteiger partial charge in [-0.3, -0.25) is 4.79 Å². The molecule has 0 aromatic heterocycles. The molecule has 2 aromatic rings. The van der Waals surface area contributed by atoms with Gasteiger partial charge < -0.3 is 14.7 Å². The molecule has 0 unspecified atom stereocenters. The van der Waals surface area contributed by atoms with Gasteiger partial charge in [0.1, 0.15) is 5.60 Å². The minimum absolute atomic E-state index is 0. The molecule has 2 aromatic carbocycles. The largest absolute Gasteiger partial charge is 0.378 e. The Morgan fingerprint density at radius 1 is 1.00 bits per heavy atom. The molecule has 2 fully saturated rings. The fourth-order valence-corrected chi connectivity index (χ4v) is 7.34. The second kappa shape index (κ2) is 12.7. The number of allylic oxidation sites excluding steroid dienone is 1. The van der Waals surface area contributed by atoms with E-state index in [9.17, 15) is 9.90 Å². The lowest BCUT2D eigenvalue weighted by Crippen LogP contribution is -2.53. The van der Waals surface area contributed by atoms with Crippen molar-refractivity contribution in [1.82, 2.24) is 0 Å². The molecule has 0 saturated heterocycles. The summed E-state index contributed by atoms with van der Waals surface area (Å²) in [6, 6.07) is 17.0. The van der Waals surface area contributed by atoms with Crippen LogP contribution in [0.2, 0.25) is 0 Å². The zero-order valence-corrected chi connectivity index (χ0v) is 27.4. The first-order valence-electron chi connectivity index (χ1n) is 13.9. The third-order valence-electron chi connectivity index (χ3n) is 9.64. The third kappa shape index (κ3) is 5.79. The van der Waals surface area contributed by atoms with Gasteiger partial charge in [0, 0.05) is 43.1 Å². The molecule has 4 aliphatic rings. The Hall–Kier alpha value is -2.08. The number of fused-ring (bicyclic) bond motifs is 4. The number of anilines is 1. The Morgan fingerprint density at radius 2 is 1.68 bits per heavy atom. The molecular formula is C34H43NO3S3. The van der Waals surface area contributed by atoms with Crippen LogP contribution < -0.4 is 4.90 Å². The van der Waals surface area contributed by atoms with E-state index < -0.39 is 11.0 Å². The van der Waals surface area contributed by atoms with Crippen LogP contribution in [-0.4, -0.2) is 43.3 Å². The van der Waals surface area contributed by atoms with Crippen molar-refractivity contribution in [1.29, 1.82) is 0 Å². The molecule has 0 radical (unpaired) electrons. The molecule has 7 heteroatoms. The van der Waals surface area contributed by atoms with E-state index in [-0.39, 0.29) is 64.2 Å². The van der Waals surface area contributed by atoms with Gasteiger partial charge in [-0.25, -0.2) is 0 Å². The summed E-state index contributed by atoms with van der Waals surface area (Å²) >= 11 is 0. The van der Waals surface area contributed by atoms with E-state index in [4.69, 9.17) is 4.74 Å². The van der Waals surface area contributed by atoms with E-state index in [1.165, 1.54) is 22.3 Å². The first kappa shape index (κ1) is 33.4. The molecule has 1 aliphatic heterocycles. The molecule has 3 aliphatic carbocycles. The number of hydrogen-bond donors (Lipinski definition) is 1. The maximum absolute atomic E-state index is 12.2. The highest BCUT2D eigenvalue weighted by Gasteiger charge is 2.63. The van der Waals surface area contributed by atoms with Gasteiger partial charge in [0.25, 0.3) is 0 Å². The van der Waals surface area contributed by atoms with Crippen molar-refractivity contribution in [2.24, 2.45) is 11.3 Å². The van der Waals surface area contributed by atoms with Gasteiger partial charge in [0.15, 0.2) is 5.78 Å². The van der Waals surface area contributed by atoms with Crippen molar-refractivity contribution >= 4 is 52.0 Å². The van der Waals surface area contributed by atoms with Gasteiger partial charge in [-0.1, -0.05) is 48.6 Å². The Labute approximate surface area is 266 Å². The van der Waals surface area contributed by atoms with Gasteiger partial charge in [-0.05, 0) is 91.1 Å². The zero-order valence-electron chi connectivity index (χ0n) is 24.4. The van der Waals surface area contributed by atoms with Crippen molar-refractivity contribution in [2.45, 2.75) is 63.6 Å². The second-order valence-corrected chi connectivity index (χ2v) is 12.1. The van der Waals surface area contributed by atoms with Crippen LogP contribution in [0.25, 0.3) is 0 Å². The molecule has 1 heterocycles. The topological polar surface area (TPSA) is 49.8 Å². The van der Waals surface area contributed by atoms with Gasteiger partial charge >= 0.3 is 0 Å². The van der Waals surface area contributed by atoms with Crippen LogP contribution in [0, 0.1) is 30.1 Å². The maximum atomic E-state index is 12.2. The molecular weight excluding hydrogens is 567 g/mol. The normalized spacial score (nSPS) is 29.6. The molecule has 220 valence electrons. The average molecular weight is 610 g/mol. The zero-order chi connectivity index (χ0) is 26.7. The molecule has 2 saturated carbocycles. The summed E-state index contributed by atoms with van der Waals surface area (Å²) in [5.74, 6) is 7.14. The van der Waals surface area contributed by atoms with Crippen LogP contribution in [0.3, 0.4) is 0 Å². The molecule has 0 spiro atoms. The van der Waals surface area contributed by atoms with E-state index in [0.717, 1.165) is 36.1 Å². The van der Waals surface area contributed by atoms with E-state index in [1.807, 2.05) is 12.1 Å². The Balaban J connectivity index is 0.00000154.